The molecule has 0 fully saturated rings. The van der Waals surface area contributed by atoms with Gasteiger partial charge < -0.3 is 0 Å². The number of benzene rings is 1. The van der Waals surface area contributed by atoms with Gasteiger partial charge in [-0.1, -0.05) is 62.6 Å². The van der Waals surface area contributed by atoms with Crippen LogP contribution < -0.4 is 0 Å². The highest BCUT2D eigenvalue weighted by Crippen LogP contribution is 2.22. The van der Waals surface area contributed by atoms with Crippen molar-refractivity contribution in [3.05, 3.63) is 47.5 Å². The Morgan fingerprint density at radius 1 is 1.00 bits per heavy atom. The second kappa shape index (κ2) is 8.57. The molecule has 0 aliphatic carbocycles. The minimum absolute atomic E-state index is 0.0832. The molecule has 19 heavy (non-hydrogen) atoms. The van der Waals surface area contributed by atoms with Gasteiger partial charge in [-0.2, -0.15) is 8.78 Å². The fourth-order valence-electron chi connectivity index (χ4n) is 1.76. The lowest BCUT2D eigenvalue weighted by atomic mass is 10.1. The first-order chi connectivity index (χ1) is 9.15. The van der Waals surface area contributed by atoms with Crippen molar-refractivity contribution in [1.29, 1.82) is 0 Å². The van der Waals surface area contributed by atoms with E-state index in [2.05, 4.69) is 13.0 Å². The van der Waals surface area contributed by atoms with Crippen LogP contribution in [0.5, 0.6) is 0 Å². The van der Waals surface area contributed by atoms with Gasteiger partial charge >= 0.3 is 6.08 Å². The summed E-state index contributed by atoms with van der Waals surface area (Å²) in [4.78, 5) is 0. The minimum Gasteiger partial charge on any atom is -0.200 e. The lowest BCUT2D eigenvalue weighted by Gasteiger charge is -1.98. The van der Waals surface area contributed by atoms with Gasteiger partial charge in [0.1, 0.15) is 0 Å². The summed E-state index contributed by atoms with van der Waals surface area (Å²) in [5.41, 5.74) is 0.811. The maximum absolute atomic E-state index is 12.9. The Bertz CT molecular complexity index is 426. The van der Waals surface area contributed by atoms with E-state index in [9.17, 15) is 13.2 Å². The standard InChI is InChI=1S/C16H19F3/c1-2-3-4-5-6-7-8-13-9-11-14(12-10-13)15(17)16(18)19/h7-12H,2-6H2,1H3/b8-7+. The Labute approximate surface area is 112 Å². The normalized spacial score (nSPS) is 10.9. The molecule has 0 aliphatic rings. The fraction of sp³-hybridized carbons (Fsp3) is 0.375. The molecular weight excluding hydrogens is 249 g/mol. The third-order valence-electron chi connectivity index (χ3n) is 2.86. The summed E-state index contributed by atoms with van der Waals surface area (Å²) in [6.07, 6.45) is 7.58. The van der Waals surface area contributed by atoms with Crippen LogP contribution in [-0.4, -0.2) is 0 Å². The lowest BCUT2D eigenvalue weighted by molar-refractivity contribution is 0.410. The SMILES string of the molecule is CCCCCC/C=C/c1ccc(C(F)=C(F)F)cc1. The van der Waals surface area contributed by atoms with Crippen LogP contribution in [0.15, 0.2) is 36.4 Å². The fourth-order valence-corrected chi connectivity index (χ4v) is 1.76. The monoisotopic (exact) mass is 268 g/mol. The molecule has 0 N–H and O–H groups in total. The van der Waals surface area contributed by atoms with Crippen LogP contribution >= 0.6 is 0 Å². The molecule has 104 valence electrons. The van der Waals surface area contributed by atoms with Gasteiger partial charge in [0.05, 0.1) is 0 Å². The highest BCUT2D eigenvalue weighted by atomic mass is 19.3. The van der Waals surface area contributed by atoms with Gasteiger partial charge in [0.25, 0.3) is 0 Å². The molecule has 0 saturated heterocycles. The van der Waals surface area contributed by atoms with Crippen molar-refractivity contribution in [2.24, 2.45) is 0 Å². The van der Waals surface area contributed by atoms with E-state index in [1.165, 1.54) is 31.4 Å². The second-order valence-electron chi connectivity index (χ2n) is 4.45. The van der Waals surface area contributed by atoms with Gasteiger partial charge in [-0.25, -0.2) is 4.39 Å². The van der Waals surface area contributed by atoms with Crippen molar-refractivity contribution in [3.8, 4) is 0 Å². The predicted octanol–water partition coefficient (Wildman–Crippen LogP) is 6.20. The Balaban J connectivity index is 2.49. The van der Waals surface area contributed by atoms with E-state index >= 15 is 0 Å². The first-order valence-electron chi connectivity index (χ1n) is 6.63. The van der Waals surface area contributed by atoms with E-state index in [4.69, 9.17) is 0 Å². The molecule has 0 amide bonds. The van der Waals surface area contributed by atoms with E-state index in [0.717, 1.165) is 18.4 Å². The highest BCUT2D eigenvalue weighted by molar-refractivity contribution is 5.62. The number of hydrogen-bond acceptors (Lipinski definition) is 0. The highest BCUT2D eigenvalue weighted by Gasteiger charge is 2.07. The molecule has 0 unspecified atom stereocenters. The predicted molar refractivity (Wildman–Crippen MR) is 74.5 cm³/mol. The molecule has 3 heteroatoms. The van der Waals surface area contributed by atoms with Gasteiger partial charge in [-0.15, -0.1) is 0 Å². The van der Waals surface area contributed by atoms with Crippen molar-refractivity contribution in [3.63, 3.8) is 0 Å². The molecule has 0 spiro atoms. The molecular formula is C16H19F3. The molecule has 0 nitrogen and oxygen atoms in total. The van der Waals surface area contributed by atoms with Crippen LogP contribution in [0.3, 0.4) is 0 Å². The number of hydrogen-bond donors (Lipinski definition) is 0. The molecule has 0 heterocycles. The van der Waals surface area contributed by atoms with Crippen LogP contribution in [0.1, 0.15) is 50.2 Å². The molecule has 1 aromatic carbocycles. The van der Waals surface area contributed by atoms with Crippen molar-refractivity contribution < 1.29 is 13.2 Å². The summed E-state index contributed by atoms with van der Waals surface area (Å²) in [6, 6.07) is 6.01. The van der Waals surface area contributed by atoms with Gasteiger partial charge in [0.2, 0.25) is 0 Å². The maximum atomic E-state index is 12.9. The summed E-state index contributed by atoms with van der Waals surface area (Å²) < 4.78 is 37.0. The number of unbranched alkanes of at least 4 members (excludes halogenated alkanes) is 4. The van der Waals surface area contributed by atoms with Crippen LogP contribution in [0.2, 0.25) is 0 Å². The molecule has 0 saturated carbocycles. The average Bonchev–Trinajstić information content (AvgIpc) is 2.42. The summed E-state index contributed by atoms with van der Waals surface area (Å²) in [5.74, 6) is -1.45. The summed E-state index contributed by atoms with van der Waals surface area (Å²) in [7, 11) is 0. The van der Waals surface area contributed by atoms with Gasteiger partial charge in [-0.05, 0) is 18.4 Å². The Hall–Kier alpha value is -1.51. The van der Waals surface area contributed by atoms with Crippen molar-refractivity contribution in [2.75, 3.05) is 0 Å². The Morgan fingerprint density at radius 3 is 2.26 bits per heavy atom. The third-order valence-corrected chi connectivity index (χ3v) is 2.86. The summed E-state index contributed by atoms with van der Waals surface area (Å²) >= 11 is 0. The Morgan fingerprint density at radius 2 is 1.68 bits per heavy atom. The first-order valence-corrected chi connectivity index (χ1v) is 6.63. The third kappa shape index (κ3) is 5.77. The molecule has 0 bridgehead atoms. The van der Waals surface area contributed by atoms with Crippen molar-refractivity contribution >= 4 is 11.9 Å². The van der Waals surface area contributed by atoms with E-state index in [-0.39, 0.29) is 5.56 Å². The Kier molecular flexibility index (Phi) is 7.01. The van der Waals surface area contributed by atoms with Gasteiger partial charge in [0, 0.05) is 5.56 Å². The topological polar surface area (TPSA) is 0 Å². The first kappa shape index (κ1) is 15.5. The quantitative estimate of drug-likeness (QED) is 0.516. The van der Waals surface area contributed by atoms with Crippen LogP contribution in [0.25, 0.3) is 11.9 Å². The smallest absolute Gasteiger partial charge is 0.200 e. The zero-order valence-electron chi connectivity index (χ0n) is 11.1. The van der Waals surface area contributed by atoms with Crippen LogP contribution in [0, 0.1) is 0 Å². The molecule has 0 aliphatic heterocycles. The minimum atomic E-state index is -2.28. The van der Waals surface area contributed by atoms with Crippen molar-refractivity contribution in [1.82, 2.24) is 0 Å². The zero-order valence-corrected chi connectivity index (χ0v) is 11.1. The maximum Gasteiger partial charge on any atom is 0.306 e. The number of halogens is 3. The number of allylic oxidation sites excluding steroid dienone is 1. The molecule has 0 atom stereocenters. The second-order valence-corrected chi connectivity index (χ2v) is 4.45. The van der Waals surface area contributed by atoms with Crippen molar-refractivity contribution in [2.45, 2.75) is 39.0 Å². The molecule has 1 aromatic rings. The molecule has 0 aromatic heterocycles. The number of rotatable bonds is 7. The van der Waals surface area contributed by atoms with E-state index in [1.54, 1.807) is 12.1 Å². The average molecular weight is 268 g/mol. The largest absolute Gasteiger partial charge is 0.306 e. The van der Waals surface area contributed by atoms with Gasteiger partial charge in [-0.3, -0.25) is 0 Å². The van der Waals surface area contributed by atoms with E-state index < -0.39 is 11.9 Å². The lowest BCUT2D eigenvalue weighted by Crippen LogP contribution is -1.80. The van der Waals surface area contributed by atoms with Crippen LogP contribution in [-0.2, 0) is 0 Å². The zero-order chi connectivity index (χ0) is 14.1. The van der Waals surface area contributed by atoms with E-state index in [0.29, 0.717) is 0 Å². The summed E-state index contributed by atoms with van der Waals surface area (Å²) in [5, 5.41) is 0. The molecule has 0 radical (unpaired) electrons. The van der Waals surface area contributed by atoms with Gasteiger partial charge in [0.15, 0.2) is 5.83 Å². The molecule has 1 rings (SSSR count). The van der Waals surface area contributed by atoms with E-state index in [1.807, 2.05) is 6.08 Å². The summed E-state index contributed by atoms with van der Waals surface area (Å²) in [6.45, 7) is 2.17. The van der Waals surface area contributed by atoms with Crippen LogP contribution in [0.4, 0.5) is 13.2 Å².